The molecule has 0 heterocycles. The summed E-state index contributed by atoms with van der Waals surface area (Å²) in [6.45, 7) is 17.6. The summed E-state index contributed by atoms with van der Waals surface area (Å²) in [7, 11) is 0. The van der Waals surface area contributed by atoms with E-state index in [1.165, 1.54) is 30.4 Å². The van der Waals surface area contributed by atoms with Crippen molar-refractivity contribution in [3.05, 3.63) is 60.3 Å². The van der Waals surface area contributed by atoms with Crippen molar-refractivity contribution in [2.45, 2.75) is 60.8 Å². The molecule has 122 valence electrons. The van der Waals surface area contributed by atoms with Gasteiger partial charge in [-0.1, -0.05) is 69.9 Å². The third-order valence-corrected chi connectivity index (χ3v) is 4.78. The molecule has 1 aliphatic rings. The van der Waals surface area contributed by atoms with Crippen LogP contribution in [-0.2, 0) is 0 Å². The van der Waals surface area contributed by atoms with Crippen LogP contribution in [0.1, 0.15) is 60.8 Å². The molecule has 1 saturated carbocycles. The third-order valence-electron chi connectivity index (χ3n) is 4.78. The maximum Gasteiger partial charge on any atom is 0.0207 e. The molecule has 22 heavy (non-hydrogen) atoms. The van der Waals surface area contributed by atoms with E-state index in [-0.39, 0.29) is 5.41 Å². The second-order valence-corrected chi connectivity index (χ2v) is 7.54. The van der Waals surface area contributed by atoms with Crippen LogP contribution in [0.25, 0.3) is 0 Å². The summed E-state index contributed by atoms with van der Waals surface area (Å²) in [5.41, 5.74) is 3.30. The van der Waals surface area contributed by atoms with Crippen molar-refractivity contribution in [3.63, 3.8) is 0 Å². The maximum atomic E-state index is 3.95. The van der Waals surface area contributed by atoms with E-state index < -0.39 is 0 Å². The van der Waals surface area contributed by atoms with Crippen molar-refractivity contribution in [3.8, 4) is 0 Å². The number of allylic oxidation sites excluding steroid dienone is 9. The Kier molecular flexibility index (Phi) is 6.66. The van der Waals surface area contributed by atoms with Crippen LogP contribution >= 0.6 is 0 Å². The molecule has 2 unspecified atom stereocenters. The standard InChI is InChI=1S/C22H34/c1-8-12-19(11-4)22(20(13-9-2)14-10-3)16-18(5)15-21(6,7)17-22/h8-14,18H,2,15-17H2,1,3-7H3/b12-8-,14-10-,19-11+,20-13+. The zero-order valence-corrected chi connectivity index (χ0v) is 15.4. The lowest BCUT2D eigenvalue weighted by Gasteiger charge is -2.49. The summed E-state index contributed by atoms with van der Waals surface area (Å²) in [6, 6.07) is 0. The molecule has 0 aromatic carbocycles. The Morgan fingerprint density at radius 2 is 1.59 bits per heavy atom. The fraction of sp³-hybridized carbons (Fsp3) is 0.545. The molecule has 0 nitrogen and oxygen atoms in total. The van der Waals surface area contributed by atoms with E-state index in [0.29, 0.717) is 5.41 Å². The highest BCUT2D eigenvalue weighted by atomic mass is 14.5. The molecular formula is C22H34. The Balaban J connectivity index is 3.56. The first-order chi connectivity index (χ1) is 10.3. The van der Waals surface area contributed by atoms with Crippen LogP contribution < -0.4 is 0 Å². The Bertz CT molecular complexity index is 496. The van der Waals surface area contributed by atoms with Gasteiger partial charge in [0.1, 0.15) is 0 Å². The SMILES string of the molecule is C=C/C=C(\C=C/C)C1(C(/C=C\C)=C/C)CC(C)CC(C)(C)C1. The molecule has 0 radical (unpaired) electrons. The predicted octanol–water partition coefficient (Wildman–Crippen LogP) is 7.03. The Morgan fingerprint density at radius 3 is 2.05 bits per heavy atom. The van der Waals surface area contributed by atoms with Crippen molar-refractivity contribution in [2.24, 2.45) is 16.7 Å². The molecule has 0 aliphatic heterocycles. The highest BCUT2D eigenvalue weighted by Gasteiger charge is 2.45. The van der Waals surface area contributed by atoms with Gasteiger partial charge in [0, 0.05) is 5.41 Å². The number of rotatable bonds is 5. The first-order valence-electron chi connectivity index (χ1n) is 8.60. The van der Waals surface area contributed by atoms with E-state index in [4.69, 9.17) is 0 Å². The molecule has 2 atom stereocenters. The van der Waals surface area contributed by atoms with Crippen LogP contribution in [0.3, 0.4) is 0 Å². The van der Waals surface area contributed by atoms with Crippen molar-refractivity contribution in [1.29, 1.82) is 0 Å². The molecule has 1 rings (SSSR count). The quantitative estimate of drug-likeness (QED) is 0.478. The van der Waals surface area contributed by atoms with Gasteiger partial charge in [-0.2, -0.15) is 0 Å². The zero-order chi connectivity index (χ0) is 16.8. The minimum absolute atomic E-state index is 0.100. The van der Waals surface area contributed by atoms with Gasteiger partial charge in [-0.15, -0.1) is 0 Å². The van der Waals surface area contributed by atoms with E-state index in [1.807, 2.05) is 6.08 Å². The Labute approximate surface area is 138 Å². The highest BCUT2D eigenvalue weighted by Crippen LogP contribution is 2.56. The largest absolute Gasteiger partial charge is 0.0991 e. The average Bonchev–Trinajstić information content (AvgIpc) is 2.42. The normalized spacial score (nSPS) is 30.2. The van der Waals surface area contributed by atoms with Gasteiger partial charge in [0.2, 0.25) is 0 Å². The molecule has 0 heteroatoms. The van der Waals surface area contributed by atoms with Gasteiger partial charge in [0.05, 0.1) is 0 Å². The molecule has 0 saturated heterocycles. The number of hydrogen-bond donors (Lipinski definition) is 0. The van der Waals surface area contributed by atoms with E-state index in [9.17, 15) is 0 Å². The van der Waals surface area contributed by atoms with E-state index in [1.54, 1.807) is 0 Å². The Morgan fingerprint density at radius 1 is 1.00 bits per heavy atom. The molecule has 0 spiro atoms. The lowest BCUT2D eigenvalue weighted by Crippen LogP contribution is -2.39. The summed E-state index contributed by atoms with van der Waals surface area (Å²) in [5.74, 6) is 0.724. The monoisotopic (exact) mass is 298 g/mol. The lowest BCUT2D eigenvalue weighted by atomic mass is 9.54. The molecule has 0 aromatic rings. The van der Waals surface area contributed by atoms with Crippen LogP contribution in [0.15, 0.2) is 60.3 Å². The van der Waals surface area contributed by atoms with E-state index in [2.05, 4.69) is 84.6 Å². The summed E-state index contributed by atoms with van der Waals surface area (Å²) in [6.07, 6.45) is 19.1. The van der Waals surface area contributed by atoms with Gasteiger partial charge >= 0.3 is 0 Å². The fourth-order valence-corrected chi connectivity index (χ4v) is 4.57. The zero-order valence-electron chi connectivity index (χ0n) is 15.4. The second kappa shape index (κ2) is 7.81. The van der Waals surface area contributed by atoms with Crippen molar-refractivity contribution < 1.29 is 0 Å². The first-order valence-corrected chi connectivity index (χ1v) is 8.60. The molecular weight excluding hydrogens is 264 g/mol. The van der Waals surface area contributed by atoms with Gasteiger partial charge in [0.15, 0.2) is 0 Å². The average molecular weight is 299 g/mol. The topological polar surface area (TPSA) is 0 Å². The van der Waals surface area contributed by atoms with Gasteiger partial charge in [0.25, 0.3) is 0 Å². The lowest BCUT2D eigenvalue weighted by molar-refractivity contribution is 0.103. The van der Waals surface area contributed by atoms with Crippen LogP contribution in [-0.4, -0.2) is 0 Å². The summed E-state index contributed by atoms with van der Waals surface area (Å²) in [4.78, 5) is 0. The predicted molar refractivity (Wildman–Crippen MR) is 101 cm³/mol. The Hall–Kier alpha value is -1.30. The van der Waals surface area contributed by atoms with Crippen molar-refractivity contribution >= 4 is 0 Å². The van der Waals surface area contributed by atoms with E-state index >= 15 is 0 Å². The van der Waals surface area contributed by atoms with Crippen molar-refractivity contribution in [2.75, 3.05) is 0 Å². The fourth-order valence-electron chi connectivity index (χ4n) is 4.57. The second-order valence-electron chi connectivity index (χ2n) is 7.54. The van der Waals surface area contributed by atoms with Crippen LogP contribution in [0.2, 0.25) is 0 Å². The van der Waals surface area contributed by atoms with Crippen LogP contribution in [0.4, 0.5) is 0 Å². The molecule has 0 N–H and O–H groups in total. The van der Waals surface area contributed by atoms with Gasteiger partial charge < -0.3 is 0 Å². The first kappa shape index (κ1) is 18.7. The van der Waals surface area contributed by atoms with Gasteiger partial charge in [-0.3, -0.25) is 0 Å². The van der Waals surface area contributed by atoms with E-state index in [0.717, 1.165) is 5.92 Å². The van der Waals surface area contributed by atoms with Crippen LogP contribution in [0.5, 0.6) is 0 Å². The van der Waals surface area contributed by atoms with Crippen molar-refractivity contribution in [1.82, 2.24) is 0 Å². The number of hydrogen-bond acceptors (Lipinski definition) is 0. The molecule has 1 aliphatic carbocycles. The highest BCUT2D eigenvalue weighted by molar-refractivity contribution is 5.44. The smallest absolute Gasteiger partial charge is 0.0207 e. The molecule has 1 fully saturated rings. The summed E-state index contributed by atoms with van der Waals surface area (Å²) < 4.78 is 0. The minimum Gasteiger partial charge on any atom is -0.0991 e. The third kappa shape index (κ3) is 4.12. The summed E-state index contributed by atoms with van der Waals surface area (Å²) >= 11 is 0. The maximum absolute atomic E-state index is 3.95. The minimum atomic E-state index is 0.100. The molecule has 0 bridgehead atoms. The van der Waals surface area contributed by atoms with Gasteiger partial charge in [-0.05, 0) is 62.5 Å². The molecule has 0 amide bonds. The van der Waals surface area contributed by atoms with Crippen LogP contribution in [0, 0.1) is 16.7 Å². The molecule has 0 aromatic heterocycles. The van der Waals surface area contributed by atoms with Gasteiger partial charge in [-0.25, -0.2) is 0 Å². The summed E-state index contributed by atoms with van der Waals surface area (Å²) in [5, 5.41) is 0.